The highest BCUT2D eigenvalue weighted by atomic mass is 19.1. The topological polar surface area (TPSA) is 49.4 Å². The van der Waals surface area contributed by atoms with Crippen LogP contribution in [-0.4, -0.2) is 29.8 Å². The van der Waals surface area contributed by atoms with E-state index in [0.29, 0.717) is 19.6 Å². The number of likely N-dealkylation sites (tertiary alicyclic amines) is 1. The van der Waals surface area contributed by atoms with Gasteiger partial charge in [0, 0.05) is 26.1 Å². The summed E-state index contributed by atoms with van der Waals surface area (Å²) in [5.74, 6) is -0.793. The van der Waals surface area contributed by atoms with Crippen molar-refractivity contribution in [3.8, 4) is 0 Å². The number of nitrogens with zero attached hydrogens (tertiary/aromatic N) is 1. The van der Waals surface area contributed by atoms with E-state index in [1.807, 2.05) is 0 Å². The van der Waals surface area contributed by atoms with Gasteiger partial charge in [0.2, 0.25) is 11.8 Å². The Hall–Kier alpha value is -2.17. The van der Waals surface area contributed by atoms with Gasteiger partial charge in [-0.05, 0) is 17.7 Å². The summed E-state index contributed by atoms with van der Waals surface area (Å²) in [7, 11) is 0. The minimum atomic E-state index is -0.317. The summed E-state index contributed by atoms with van der Waals surface area (Å²) >= 11 is 0. The van der Waals surface area contributed by atoms with E-state index in [4.69, 9.17) is 0 Å². The van der Waals surface area contributed by atoms with Crippen molar-refractivity contribution in [2.24, 2.45) is 5.92 Å². The van der Waals surface area contributed by atoms with Crippen molar-refractivity contribution in [2.45, 2.75) is 13.0 Å². The average Bonchev–Trinajstić information content (AvgIpc) is 2.80. The Bertz CT molecular complexity index is 513. The summed E-state index contributed by atoms with van der Waals surface area (Å²) < 4.78 is 12.8. The van der Waals surface area contributed by atoms with Gasteiger partial charge in [-0.25, -0.2) is 4.39 Å². The van der Waals surface area contributed by atoms with Crippen LogP contribution in [0.25, 0.3) is 0 Å². The molecule has 0 bridgehead atoms. The molecule has 1 heterocycles. The van der Waals surface area contributed by atoms with E-state index >= 15 is 0 Å². The molecule has 5 heteroatoms. The second kappa shape index (κ2) is 6.32. The number of hydrogen-bond acceptors (Lipinski definition) is 2. The van der Waals surface area contributed by atoms with Crippen LogP contribution in [-0.2, 0) is 16.1 Å². The second-order valence-electron chi connectivity index (χ2n) is 4.84. The summed E-state index contributed by atoms with van der Waals surface area (Å²) in [6.45, 7) is 4.74. The lowest BCUT2D eigenvalue weighted by Crippen LogP contribution is -2.32. The first kappa shape index (κ1) is 14.2. The highest BCUT2D eigenvalue weighted by Crippen LogP contribution is 2.20. The number of benzene rings is 1. The Labute approximate surface area is 117 Å². The molecule has 4 nitrogen and oxygen atoms in total. The molecule has 1 saturated heterocycles. The molecule has 1 aliphatic rings. The second-order valence-corrected chi connectivity index (χ2v) is 4.84. The molecule has 2 rings (SSSR count). The Kier molecular flexibility index (Phi) is 4.50. The zero-order valence-corrected chi connectivity index (χ0v) is 11.1. The molecule has 0 aliphatic carbocycles. The first-order valence-electron chi connectivity index (χ1n) is 6.51. The SMILES string of the molecule is C=CCNC(=O)C1CC(=O)N(Cc2ccc(F)cc2)C1. The van der Waals surface area contributed by atoms with Crippen molar-refractivity contribution < 1.29 is 14.0 Å². The first-order valence-corrected chi connectivity index (χ1v) is 6.51. The van der Waals surface area contributed by atoms with Crippen LogP contribution < -0.4 is 5.32 Å². The van der Waals surface area contributed by atoms with E-state index in [0.717, 1.165) is 5.56 Å². The van der Waals surface area contributed by atoms with Gasteiger partial charge >= 0.3 is 0 Å². The monoisotopic (exact) mass is 276 g/mol. The molecule has 20 heavy (non-hydrogen) atoms. The van der Waals surface area contributed by atoms with Crippen molar-refractivity contribution >= 4 is 11.8 Å². The Morgan fingerprint density at radius 2 is 2.15 bits per heavy atom. The van der Waals surface area contributed by atoms with Crippen molar-refractivity contribution in [1.29, 1.82) is 0 Å². The molecule has 0 radical (unpaired) electrons. The lowest BCUT2D eigenvalue weighted by molar-refractivity contribution is -0.129. The van der Waals surface area contributed by atoms with Gasteiger partial charge in [-0.1, -0.05) is 18.2 Å². The van der Waals surface area contributed by atoms with Gasteiger partial charge in [0.15, 0.2) is 0 Å². The van der Waals surface area contributed by atoms with E-state index in [1.165, 1.54) is 12.1 Å². The Morgan fingerprint density at radius 3 is 2.80 bits per heavy atom. The maximum Gasteiger partial charge on any atom is 0.225 e. The van der Waals surface area contributed by atoms with Gasteiger partial charge in [0.25, 0.3) is 0 Å². The van der Waals surface area contributed by atoms with Gasteiger partial charge in [-0.3, -0.25) is 9.59 Å². The minimum absolute atomic E-state index is 0.0481. The van der Waals surface area contributed by atoms with Gasteiger partial charge < -0.3 is 10.2 Å². The Balaban J connectivity index is 1.93. The Morgan fingerprint density at radius 1 is 1.45 bits per heavy atom. The summed E-state index contributed by atoms with van der Waals surface area (Å²) in [6.07, 6.45) is 1.83. The highest BCUT2D eigenvalue weighted by molar-refractivity contribution is 5.89. The van der Waals surface area contributed by atoms with Crippen molar-refractivity contribution in [2.75, 3.05) is 13.1 Å². The fourth-order valence-electron chi connectivity index (χ4n) is 2.23. The van der Waals surface area contributed by atoms with Crippen molar-refractivity contribution in [3.05, 3.63) is 48.3 Å². The van der Waals surface area contributed by atoms with E-state index in [1.54, 1.807) is 23.1 Å². The quantitative estimate of drug-likeness (QED) is 0.828. The van der Waals surface area contributed by atoms with Crippen LogP contribution in [0, 0.1) is 11.7 Å². The molecular formula is C15H17FN2O2. The molecule has 1 fully saturated rings. The molecular weight excluding hydrogens is 259 g/mol. The van der Waals surface area contributed by atoms with E-state index in [2.05, 4.69) is 11.9 Å². The number of halogens is 1. The number of carbonyl (C=O) groups is 2. The van der Waals surface area contributed by atoms with Crippen LogP contribution in [0.5, 0.6) is 0 Å². The normalized spacial score (nSPS) is 18.1. The van der Waals surface area contributed by atoms with Gasteiger partial charge in [-0.15, -0.1) is 6.58 Å². The van der Waals surface area contributed by atoms with Crippen LogP contribution in [0.15, 0.2) is 36.9 Å². The fraction of sp³-hybridized carbons (Fsp3) is 0.333. The number of rotatable bonds is 5. The van der Waals surface area contributed by atoms with Crippen LogP contribution in [0.4, 0.5) is 4.39 Å². The largest absolute Gasteiger partial charge is 0.352 e. The van der Waals surface area contributed by atoms with E-state index < -0.39 is 0 Å². The molecule has 1 aromatic carbocycles. The molecule has 106 valence electrons. The van der Waals surface area contributed by atoms with Crippen molar-refractivity contribution in [1.82, 2.24) is 10.2 Å². The van der Waals surface area contributed by atoms with Crippen LogP contribution in [0.1, 0.15) is 12.0 Å². The van der Waals surface area contributed by atoms with E-state index in [9.17, 15) is 14.0 Å². The van der Waals surface area contributed by atoms with Gasteiger partial charge in [-0.2, -0.15) is 0 Å². The van der Waals surface area contributed by atoms with Crippen LogP contribution in [0.2, 0.25) is 0 Å². The minimum Gasteiger partial charge on any atom is -0.352 e. The number of nitrogens with one attached hydrogen (secondary N) is 1. The maximum atomic E-state index is 12.8. The lowest BCUT2D eigenvalue weighted by atomic mass is 10.1. The number of amides is 2. The average molecular weight is 276 g/mol. The number of hydrogen-bond donors (Lipinski definition) is 1. The smallest absolute Gasteiger partial charge is 0.225 e. The molecule has 1 aliphatic heterocycles. The van der Waals surface area contributed by atoms with Gasteiger partial charge in [0.05, 0.1) is 5.92 Å². The highest BCUT2D eigenvalue weighted by Gasteiger charge is 2.33. The fourth-order valence-corrected chi connectivity index (χ4v) is 2.23. The van der Waals surface area contributed by atoms with Crippen LogP contribution >= 0.6 is 0 Å². The summed E-state index contributed by atoms with van der Waals surface area (Å²) in [4.78, 5) is 25.3. The first-order chi connectivity index (χ1) is 9.60. The maximum absolute atomic E-state index is 12.8. The molecule has 1 unspecified atom stereocenters. The molecule has 1 atom stereocenters. The third-order valence-corrected chi connectivity index (χ3v) is 3.29. The summed E-state index contributed by atoms with van der Waals surface area (Å²) in [5.41, 5.74) is 0.854. The van der Waals surface area contributed by atoms with Gasteiger partial charge in [0.1, 0.15) is 5.82 Å². The molecule has 0 saturated carbocycles. The third kappa shape index (κ3) is 3.44. The zero-order valence-electron chi connectivity index (χ0n) is 11.1. The lowest BCUT2D eigenvalue weighted by Gasteiger charge is -2.16. The standard InChI is InChI=1S/C15H17FN2O2/c1-2-7-17-15(20)12-8-14(19)18(10-12)9-11-3-5-13(16)6-4-11/h2-6,12H,1,7-10H2,(H,17,20). The summed E-state index contributed by atoms with van der Waals surface area (Å²) in [5, 5.41) is 2.70. The van der Waals surface area contributed by atoms with Crippen LogP contribution in [0.3, 0.4) is 0 Å². The predicted octanol–water partition coefficient (Wildman–Crippen LogP) is 1.48. The predicted molar refractivity (Wildman–Crippen MR) is 73.1 cm³/mol. The molecule has 2 amide bonds. The zero-order chi connectivity index (χ0) is 14.5. The number of carbonyl (C=O) groups excluding carboxylic acids is 2. The van der Waals surface area contributed by atoms with E-state index in [-0.39, 0.29) is 30.0 Å². The third-order valence-electron chi connectivity index (χ3n) is 3.29. The molecule has 1 aromatic rings. The molecule has 1 N–H and O–H groups in total. The molecule has 0 aromatic heterocycles. The molecule has 0 spiro atoms. The summed E-state index contributed by atoms with van der Waals surface area (Å²) in [6, 6.07) is 6.02. The van der Waals surface area contributed by atoms with Crippen molar-refractivity contribution in [3.63, 3.8) is 0 Å².